The highest BCUT2D eigenvalue weighted by Crippen LogP contribution is 2.40. The highest BCUT2D eigenvalue weighted by molar-refractivity contribution is 6.08. The molecule has 0 aliphatic carbocycles. The van der Waals surface area contributed by atoms with E-state index >= 15 is 0 Å². The number of phenols is 1. The molecular formula is C21H20N2O3. The van der Waals surface area contributed by atoms with Crippen LogP contribution >= 0.6 is 0 Å². The van der Waals surface area contributed by atoms with Gasteiger partial charge in [-0.2, -0.15) is 0 Å². The molecule has 1 N–H and O–H groups in total. The van der Waals surface area contributed by atoms with Gasteiger partial charge in [0.25, 0.3) is 0 Å². The Balaban J connectivity index is 1.83. The lowest BCUT2D eigenvalue weighted by atomic mass is 9.96. The predicted molar refractivity (Wildman–Crippen MR) is 101 cm³/mol. The molecule has 3 heterocycles. The fraction of sp³-hybridized carbons (Fsp3) is 0.286. The van der Waals surface area contributed by atoms with Crippen molar-refractivity contribution in [2.45, 2.75) is 19.4 Å². The molecule has 0 spiro atoms. The third kappa shape index (κ3) is 2.00. The fourth-order valence-corrected chi connectivity index (χ4v) is 4.29. The minimum atomic E-state index is 0.225. The molecule has 0 saturated carbocycles. The van der Waals surface area contributed by atoms with Crippen LogP contribution in [0, 0.1) is 0 Å². The number of fused-ring (bicyclic) bond motifs is 4. The van der Waals surface area contributed by atoms with Gasteiger partial charge in [0.2, 0.25) is 0 Å². The summed E-state index contributed by atoms with van der Waals surface area (Å²) >= 11 is 0. The number of aliphatic imine (C=N–C) groups is 1. The van der Waals surface area contributed by atoms with E-state index in [0.29, 0.717) is 12.3 Å². The summed E-state index contributed by atoms with van der Waals surface area (Å²) in [5.74, 6) is 1.57. The van der Waals surface area contributed by atoms with Crippen LogP contribution in [0.3, 0.4) is 0 Å². The third-order valence-electron chi connectivity index (χ3n) is 5.55. The van der Waals surface area contributed by atoms with Crippen molar-refractivity contribution in [1.82, 2.24) is 4.57 Å². The summed E-state index contributed by atoms with van der Waals surface area (Å²) < 4.78 is 13.0. The number of hydrogen-bond donors (Lipinski definition) is 1. The molecule has 0 saturated heterocycles. The Hall–Kier alpha value is -2.95. The summed E-state index contributed by atoms with van der Waals surface area (Å²) in [6.07, 6.45) is 1.67. The van der Waals surface area contributed by atoms with Crippen molar-refractivity contribution in [2.75, 3.05) is 20.8 Å². The van der Waals surface area contributed by atoms with E-state index in [1.807, 2.05) is 18.2 Å². The minimum absolute atomic E-state index is 0.225. The van der Waals surface area contributed by atoms with Crippen LogP contribution in [-0.4, -0.2) is 36.1 Å². The Morgan fingerprint density at radius 3 is 2.77 bits per heavy atom. The van der Waals surface area contributed by atoms with Crippen molar-refractivity contribution in [1.29, 1.82) is 0 Å². The molecule has 5 heteroatoms. The Bertz CT molecular complexity index is 1080. The van der Waals surface area contributed by atoms with Gasteiger partial charge in [0, 0.05) is 30.0 Å². The van der Waals surface area contributed by atoms with E-state index in [9.17, 15) is 5.11 Å². The predicted octanol–water partition coefficient (Wildman–Crippen LogP) is 3.31. The Morgan fingerprint density at radius 2 is 1.96 bits per heavy atom. The first-order valence-electron chi connectivity index (χ1n) is 8.81. The summed E-state index contributed by atoms with van der Waals surface area (Å²) in [7, 11) is 3.27. The van der Waals surface area contributed by atoms with Gasteiger partial charge in [0.05, 0.1) is 37.7 Å². The van der Waals surface area contributed by atoms with Crippen LogP contribution in [0.15, 0.2) is 35.3 Å². The summed E-state index contributed by atoms with van der Waals surface area (Å²) in [6, 6.07) is 10.1. The normalized spacial score (nSPS) is 15.1. The van der Waals surface area contributed by atoms with Gasteiger partial charge in [0.1, 0.15) is 5.75 Å². The van der Waals surface area contributed by atoms with Crippen molar-refractivity contribution < 1.29 is 14.6 Å². The number of aromatic nitrogens is 1. The molecule has 0 radical (unpaired) electrons. The van der Waals surface area contributed by atoms with Crippen molar-refractivity contribution in [3.05, 3.63) is 52.7 Å². The molecule has 132 valence electrons. The molecule has 26 heavy (non-hydrogen) atoms. The first kappa shape index (κ1) is 15.3. The number of methoxy groups -OCH3 is 2. The molecule has 2 aromatic carbocycles. The lowest BCUT2D eigenvalue weighted by Crippen LogP contribution is -2.16. The summed E-state index contributed by atoms with van der Waals surface area (Å²) in [6.45, 7) is 1.40. The fourth-order valence-electron chi connectivity index (χ4n) is 4.29. The van der Waals surface area contributed by atoms with Crippen molar-refractivity contribution in [2.24, 2.45) is 4.99 Å². The van der Waals surface area contributed by atoms with Crippen LogP contribution in [0.5, 0.6) is 17.2 Å². The van der Waals surface area contributed by atoms with Gasteiger partial charge < -0.3 is 19.1 Å². The van der Waals surface area contributed by atoms with Crippen molar-refractivity contribution in [3.8, 4) is 17.2 Å². The monoisotopic (exact) mass is 348 g/mol. The molecular weight excluding hydrogens is 328 g/mol. The SMILES string of the molecule is COc1ccc2c3c4n(c2c1)Cc1c(ccc(OC)c1O)CC4=NCC3. The van der Waals surface area contributed by atoms with E-state index in [-0.39, 0.29) is 5.75 Å². The van der Waals surface area contributed by atoms with Crippen LogP contribution < -0.4 is 9.47 Å². The third-order valence-corrected chi connectivity index (χ3v) is 5.55. The van der Waals surface area contributed by atoms with E-state index in [0.717, 1.165) is 47.5 Å². The average Bonchev–Trinajstić information content (AvgIpc) is 2.87. The van der Waals surface area contributed by atoms with Crippen LogP contribution in [-0.2, 0) is 19.4 Å². The van der Waals surface area contributed by atoms with E-state index < -0.39 is 0 Å². The second kappa shape index (κ2) is 5.53. The Labute approximate surface area is 151 Å². The number of ether oxygens (including phenoxy) is 2. The van der Waals surface area contributed by atoms with Crippen LogP contribution in [0.1, 0.15) is 22.4 Å². The smallest absolute Gasteiger partial charge is 0.163 e. The largest absolute Gasteiger partial charge is 0.504 e. The van der Waals surface area contributed by atoms with Gasteiger partial charge in [-0.3, -0.25) is 4.99 Å². The second-order valence-corrected chi connectivity index (χ2v) is 6.81. The molecule has 0 atom stereocenters. The van der Waals surface area contributed by atoms with E-state index in [2.05, 4.69) is 16.7 Å². The zero-order valence-electron chi connectivity index (χ0n) is 14.9. The van der Waals surface area contributed by atoms with E-state index in [1.54, 1.807) is 14.2 Å². The molecule has 1 aromatic heterocycles. The summed E-state index contributed by atoms with van der Waals surface area (Å²) in [5, 5.41) is 12.0. The number of aromatic hydroxyl groups is 1. The molecule has 5 nitrogen and oxygen atoms in total. The number of hydrogen-bond acceptors (Lipinski definition) is 4. The standard InChI is InChI=1S/C21H20N2O3/c1-25-13-4-5-14-15-7-8-22-17-9-12-3-6-19(26-2)21(24)16(12)11-23(20(15)17)18(14)10-13/h3-6,10,24H,7-9,11H2,1-2H3. The number of benzene rings is 2. The highest BCUT2D eigenvalue weighted by Gasteiger charge is 2.29. The molecule has 3 aromatic rings. The van der Waals surface area contributed by atoms with Crippen molar-refractivity contribution in [3.63, 3.8) is 0 Å². The van der Waals surface area contributed by atoms with Gasteiger partial charge in [-0.25, -0.2) is 0 Å². The van der Waals surface area contributed by atoms with Gasteiger partial charge in [0.15, 0.2) is 11.5 Å². The van der Waals surface area contributed by atoms with Crippen molar-refractivity contribution >= 4 is 16.6 Å². The Kier molecular flexibility index (Phi) is 3.26. The first-order chi connectivity index (χ1) is 12.7. The second-order valence-electron chi connectivity index (χ2n) is 6.81. The number of nitrogens with zero attached hydrogens (tertiary/aromatic N) is 2. The van der Waals surface area contributed by atoms with Crippen LogP contribution in [0.4, 0.5) is 0 Å². The van der Waals surface area contributed by atoms with E-state index in [4.69, 9.17) is 14.5 Å². The van der Waals surface area contributed by atoms with Gasteiger partial charge in [-0.15, -0.1) is 0 Å². The molecule has 0 fully saturated rings. The molecule has 0 amide bonds. The minimum Gasteiger partial charge on any atom is -0.504 e. The number of rotatable bonds is 2. The molecule has 5 rings (SSSR count). The highest BCUT2D eigenvalue weighted by atomic mass is 16.5. The maximum Gasteiger partial charge on any atom is 0.163 e. The molecule has 0 bridgehead atoms. The summed E-state index contributed by atoms with van der Waals surface area (Å²) in [4.78, 5) is 4.82. The van der Waals surface area contributed by atoms with Gasteiger partial charge in [-0.05, 0) is 35.7 Å². The van der Waals surface area contributed by atoms with Gasteiger partial charge in [-0.1, -0.05) is 6.07 Å². The van der Waals surface area contributed by atoms with Crippen LogP contribution in [0.2, 0.25) is 0 Å². The van der Waals surface area contributed by atoms with Crippen LogP contribution in [0.25, 0.3) is 10.9 Å². The maximum absolute atomic E-state index is 10.7. The molecule has 2 aliphatic heterocycles. The summed E-state index contributed by atoms with van der Waals surface area (Å²) in [5.41, 5.74) is 6.79. The molecule has 2 aliphatic rings. The van der Waals surface area contributed by atoms with E-state index in [1.165, 1.54) is 16.6 Å². The molecule has 0 unspecified atom stereocenters. The maximum atomic E-state index is 10.7. The zero-order valence-corrected chi connectivity index (χ0v) is 14.9. The Morgan fingerprint density at radius 1 is 1.08 bits per heavy atom. The lowest BCUT2D eigenvalue weighted by Gasteiger charge is -2.14. The number of phenolic OH excluding ortho intramolecular Hbond substituents is 1. The zero-order chi connectivity index (χ0) is 17.8. The average molecular weight is 348 g/mol. The first-order valence-corrected chi connectivity index (χ1v) is 8.81. The topological polar surface area (TPSA) is 56.0 Å². The quantitative estimate of drug-likeness (QED) is 0.773. The van der Waals surface area contributed by atoms with Gasteiger partial charge >= 0.3 is 0 Å². The lowest BCUT2D eigenvalue weighted by molar-refractivity contribution is 0.369.